The summed E-state index contributed by atoms with van der Waals surface area (Å²) in [5.74, 6) is -0.452. The van der Waals surface area contributed by atoms with Crippen LogP contribution in [0.3, 0.4) is 0 Å². The molecule has 0 aliphatic rings. The predicted molar refractivity (Wildman–Crippen MR) is 77.9 cm³/mol. The molecular weight excluding hydrogens is 277 g/mol. The molecule has 2 amide bonds. The lowest BCUT2D eigenvalue weighted by Gasteiger charge is -2.22. The van der Waals surface area contributed by atoms with E-state index in [1.807, 2.05) is 0 Å². The van der Waals surface area contributed by atoms with Crippen molar-refractivity contribution in [1.82, 2.24) is 0 Å². The smallest absolute Gasteiger partial charge is 0.323 e. The molecule has 0 unspecified atom stereocenters. The molecule has 0 aliphatic heterocycles. The lowest BCUT2D eigenvalue weighted by molar-refractivity contribution is 0.262. The van der Waals surface area contributed by atoms with Gasteiger partial charge in [0.2, 0.25) is 0 Å². The third-order valence-electron chi connectivity index (χ3n) is 2.76. The molecule has 0 radical (unpaired) electrons. The van der Waals surface area contributed by atoms with Crippen LogP contribution in [-0.4, -0.2) is 11.2 Å². The summed E-state index contributed by atoms with van der Waals surface area (Å²) in [6.45, 7) is 1.67. The zero-order chi connectivity index (χ0) is 15.4. The van der Waals surface area contributed by atoms with E-state index in [4.69, 9.17) is 5.21 Å². The maximum Gasteiger partial charge on any atom is 0.323 e. The van der Waals surface area contributed by atoms with Crippen LogP contribution < -0.4 is 15.9 Å². The number of nitrogens with zero attached hydrogens (tertiary/aromatic N) is 1. The maximum atomic E-state index is 13.0. The van der Waals surface area contributed by atoms with Gasteiger partial charge in [0.15, 0.2) is 0 Å². The third kappa shape index (κ3) is 3.91. The number of anilines is 3. The van der Waals surface area contributed by atoms with Crippen molar-refractivity contribution in [3.8, 4) is 0 Å². The van der Waals surface area contributed by atoms with Gasteiger partial charge in [-0.2, -0.15) is 0 Å². The van der Waals surface area contributed by atoms with Gasteiger partial charge in [0.05, 0.1) is 5.69 Å². The number of benzene rings is 2. The van der Waals surface area contributed by atoms with Crippen LogP contribution in [0.2, 0.25) is 0 Å². The van der Waals surface area contributed by atoms with Crippen LogP contribution in [0.25, 0.3) is 0 Å². The molecule has 110 valence electrons. The van der Waals surface area contributed by atoms with Crippen molar-refractivity contribution in [1.29, 1.82) is 0 Å². The average Bonchev–Trinajstić information content (AvgIpc) is 2.40. The molecular formula is C14H13FN3O3-. The quantitative estimate of drug-likeness (QED) is 0.755. The minimum absolute atomic E-state index is 0.0589. The van der Waals surface area contributed by atoms with Crippen molar-refractivity contribution in [2.24, 2.45) is 0 Å². The Bertz CT molecular complexity index is 662. The summed E-state index contributed by atoms with van der Waals surface area (Å²) in [5, 5.41) is 24.3. The Morgan fingerprint density at radius 1 is 1.24 bits per heavy atom. The van der Waals surface area contributed by atoms with Crippen molar-refractivity contribution in [3.05, 3.63) is 59.1 Å². The largest absolute Gasteiger partial charge is 0.733 e. The van der Waals surface area contributed by atoms with E-state index in [0.29, 0.717) is 16.9 Å². The summed E-state index contributed by atoms with van der Waals surface area (Å²) < 4.78 is 13.0. The highest BCUT2D eigenvalue weighted by molar-refractivity contribution is 6.00. The second-order valence-electron chi connectivity index (χ2n) is 4.36. The standard InChI is InChI=1S/C14H13FN3O3/c1-9-7-12(18(20)21)5-6-13(9)17-14(19)16-11-4-2-3-10(15)8-11/h2-8,20H,1H3,(H2,16,17,19)/q-1. The van der Waals surface area contributed by atoms with E-state index in [9.17, 15) is 14.4 Å². The number of halogens is 1. The maximum absolute atomic E-state index is 13.0. The molecule has 2 aromatic rings. The normalized spacial score (nSPS) is 10.1. The Labute approximate surface area is 120 Å². The molecule has 6 nitrogen and oxygen atoms in total. The van der Waals surface area contributed by atoms with Crippen molar-refractivity contribution in [3.63, 3.8) is 0 Å². The van der Waals surface area contributed by atoms with Gasteiger partial charge >= 0.3 is 6.03 Å². The number of urea groups is 1. The van der Waals surface area contributed by atoms with Crippen LogP contribution in [0.4, 0.5) is 26.2 Å². The zero-order valence-corrected chi connectivity index (χ0v) is 11.1. The second kappa shape index (κ2) is 6.21. The van der Waals surface area contributed by atoms with E-state index in [-0.39, 0.29) is 10.9 Å². The Hall–Kier alpha value is -2.64. The van der Waals surface area contributed by atoms with Crippen molar-refractivity contribution in [2.45, 2.75) is 6.92 Å². The SMILES string of the molecule is Cc1cc(N([O-])O)ccc1NC(=O)Nc1cccc(F)c1. The average molecular weight is 290 g/mol. The number of nitrogens with one attached hydrogen (secondary N) is 2. The van der Waals surface area contributed by atoms with E-state index < -0.39 is 11.8 Å². The van der Waals surface area contributed by atoms with Gasteiger partial charge in [-0.1, -0.05) is 6.07 Å². The minimum atomic E-state index is -0.542. The number of hydrogen-bond donors (Lipinski definition) is 3. The second-order valence-corrected chi connectivity index (χ2v) is 4.36. The Balaban J connectivity index is 2.06. The number of amides is 2. The summed E-state index contributed by atoms with van der Waals surface area (Å²) >= 11 is 0. The first-order valence-electron chi connectivity index (χ1n) is 6.06. The first-order valence-corrected chi connectivity index (χ1v) is 6.06. The molecule has 0 bridgehead atoms. The molecule has 0 atom stereocenters. The van der Waals surface area contributed by atoms with E-state index in [1.54, 1.807) is 13.0 Å². The minimum Gasteiger partial charge on any atom is -0.733 e. The van der Waals surface area contributed by atoms with Crippen molar-refractivity contribution < 1.29 is 14.4 Å². The predicted octanol–water partition coefficient (Wildman–Crippen LogP) is 3.47. The summed E-state index contributed by atoms with van der Waals surface area (Å²) in [5.41, 5.74) is 1.44. The fourth-order valence-electron chi connectivity index (χ4n) is 1.76. The Morgan fingerprint density at radius 3 is 2.62 bits per heavy atom. The molecule has 0 saturated heterocycles. The van der Waals surface area contributed by atoms with Crippen molar-refractivity contribution in [2.75, 3.05) is 15.9 Å². The molecule has 0 saturated carbocycles. The lowest BCUT2D eigenvalue weighted by Crippen LogP contribution is -2.20. The summed E-state index contributed by atoms with van der Waals surface area (Å²) in [6.07, 6.45) is 0. The van der Waals surface area contributed by atoms with Crippen LogP contribution in [-0.2, 0) is 0 Å². The van der Waals surface area contributed by atoms with Gasteiger partial charge in [-0.15, -0.1) is 0 Å². The van der Waals surface area contributed by atoms with Gasteiger partial charge in [0.25, 0.3) is 0 Å². The Kier molecular flexibility index (Phi) is 4.36. The highest BCUT2D eigenvalue weighted by Crippen LogP contribution is 2.21. The first kappa shape index (κ1) is 14.8. The van der Waals surface area contributed by atoms with Crippen LogP contribution in [0.1, 0.15) is 5.56 Å². The highest BCUT2D eigenvalue weighted by Gasteiger charge is 2.06. The molecule has 2 rings (SSSR count). The summed E-state index contributed by atoms with van der Waals surface area (Å²) in [7, 11) is 0. The molecule has 21 heavy (non-hydrogen) atoms. The lowest BCUT2D eigenvalue weighted by atomic mass is 10.2. The molecule has 0 fully saturated rings. The monoisotopic (exact) mass is 290 g/mol. The highest BCUT2D eigenvalue weighted by atomic mass is 19.1. The van der Waals surface area contributed by atoms with Gasteiger partial charge in [-0.05, 0) is 48.9 Å². The fraction of sp³-hybridized carbons (Fsp3) is 0.0714. The summed E-state index contributed by atoms with van der Waals surface area (Å²) in [4.78, 5) is 11.8. The Morgan fingerprint density at radius 2 is 2.00 bits per heavy atom. The third-order valence-corrected chi connectivity index (χ3v) is 2.76. The van der Waals surface area contributed by atoms with Crippen LogP contribution in [0.15, 0.2) is 42.5 Å². The molecule has 0 aromatic heterocycles. The molecule has 0 heterocycles. The fourth-order valence-corrected chi connectivity index (χ4v) is 1.76. The van der Waals surface area contributed by atoms with E-state index >= 15 is 0 Å². The number of carbonyl (C=O) groups excluding carboxylic acids is 1. The van der Waals surface area contributed by atoms with Gasteiger partial charge in [0, 0.05) is 11.4 Å². The van der Waals surface area contributed by atoms with E-state index in [1.165, 1.54) is 36.4 Å². The van der Waals surface area contributed by atoms with Crippen LogP contribution in [0.5, 0.6) is 0 Å². The topological polar surface area (TPSA) is 87.7 Å². The molecule has 0 aliphatic carbocycles. The number of carbonyl (C=O) groups is 1. The van der Waals surface area contributed by atoms with Gasteiger partial charge < -0.3 is 21.1 Å². The van der Waals surface area contributed by atoms with E-state index in [0.717, 1.165) is 0 Å². The number of aryl methyl sites for hydroxylation is 1. The molecule has 3 N–H and O–H groups in total. The van der Waals surface area contributed by atoms with Crippen LogP contribution >= 0.6 is 0 Å². The van der Waals surface area contributed by atoms with Gasteiger partial charge in [-0.3, -0.25) is 5.21 Å². The molecule has 0 spiro atoms. The molecule has 2 aromatic carbocycles. The number of hydrogen-bond acceptors (Lipinski definition) is 4. The molecule has 7 heteroatoms. The summed E-state index contributed by atoms with van der Waals surface area (Å²) in [6, 6.07) is 9.22. The van der Waals surface area contributed by atoms with Crippen LogP contribution in [0, 0.1) is 17.9 Å². The zero-order valence-electron chi connectivity index (χ0n) is 11.1. The number of rotatable bonds is 3. The first-order chi connectivity index (χ1) is 9.95. The van der Waals surface area contributed by atoms with E-state index in [2.05, 4.69) is 10.6 Å². The van der Waals surface area contributed by atoms with Gasteiger partial charge in [-0.25, -0.2) is 9.18 Å². The van der Waals surface area contributed by atoms with Gasteiger partial charge in [0.1, 0.15) is 5.82 Å². The van der Waals surface area contributed by atoms with Crippen molar-refractivity contribution >= 4 is 23.1 Å².